The van der Waals surface area contributed by atoms with Crippen molar-refractivity contribution in [3.8, 4) is 0 Å². The van der Waals surface area contributed by atoms with E-state index in [2.05, 4.69) is 20.6 Å². The number of para-hydroxylation sites is 2. The van der Waals surface area contributed by atoms with E-state index < -0.39 is 29.5 Å². The van der Waals surface area contributed by atoms with E-state index in [0.29, 0.717) is 22.3 Å². The highest BCUT2D eigenvalue weighted by Gasteiger charge is 2.26. The summed E-state index contributed by atoms with van der Waals surface area (Å²) in [4.78, 5) is 58.1. The molecule has 3 aromatic carbocycles. The Balaban J connectivity index is 1.48. The number of Topliss-reactive ketones (excluding diaryl/α,β-unsaturated/α-hetero) is 1. The van der Waals surface area contributed by atoms with Crippen LogP contribution in [0.5, 0.6) is 0 Å². The molecule has 180 valence electrons. The fourth-order valence-corrected chi connectivity index (χ4v) is 3.72. The van der Waals surface area contributed by atoms with Crippen LogP contribution in [-0.2, 0) is 16.0 Å². The van der Waals surface area contributed by atoms with Crippen LogP contribution in [0.15, 0.2) is 79.0 Å². The highest BCUT2D eigenvalue weighted by Crippen LogP contribution is 2.17. The lowest BCUT2D eigenvalue weighted by Gasteiger charge is -2.17. The van der Waals surface area contributed by atoms with Gasteiger partial charge in [-0.2, -0.15) is 0 Å². The average molecular weight is 482 g/mol. The van der Waals surface area contributed by atoms with Crippen molar-refractivity contribution in [3.05, 3.63) is 101 Å². The number of rotatable bonds is 8. The molecule has 0 aliphatic heterocycles. The maximum Gasteiger partial charge on any atom is 0.287 e. The molecular weight excluding hydrogens is 458 g/mol. The van der Waals surface area contributed by atoms with Crippen molar-refractivity contribution in [2.45, 2.75) is 19.4 Å². The van der Waals surface area contributed by atoms with Crippen molar-refractivity contribution in [1.82, 2.24) is 15.3 Å². The van der Waals surface area contributed by atoms with Crippen molar-refractivity contribution in [3.63, 3.8) is 0 Å². The second-order valence-corrected chi connectivity index (χ2v) is 8.17. The fraction of sp³-hybridized carbons (Fsp3) is 0.111. The Kier molecular flexibility index (Phi) is 7.10. The minimum atomic E-state index is -1.12. The number of hydrogen-bond donors (Lipinski definition) is 3. The molecule has 0 unspecified atom stereocenters. The molecule has 0 bridgehead atoms. The number of fused-ring (bicyclic) bond motifs is 1. The van der Waals surface area contributed by atoms with Crippen LogP contribution in [0.2, 0.25) is 0 Å². The number of anilines is 1. The van der Waals surface area contributed by atoms with Crippen LogP contribution in [0.25, 0.3) is 11.0 Å². The van der Waals surface area contributed by atoms with Crippen molar-refractivity contribution in [2.75, 3.05) is 5.32 Å². The number of amides is 3. The monoisotopic (exact) mass is 481 g/mol. The topological polar surface area (TPSA) is 144 Å². The Hall–Kier alpha value is -4.92. The summed E-state index contributed by atoms with van der Waals surface area (Å²) in [6.45, 7) is 1.70. The summed E-state index contributed by atoms with van der Waals surface area (Å²) in [6.07, 6.45) is 1.52. The summed E-state index contributed by atoms with van der Waals surface area (Å²) in [5.74, 6) is -2.99. The number of carbonyl (C=O) groups is 4. The van der Waals surface area contributed by atoms with Gasteiger partial charge in [0.25, 0.3) is 17.7 Å². The Morgan fingerprint density at radius 3 is 2.28 bits per heavy atom. The molecule has 0 fully saturated rings. The number of carbonyl (C=O) groups excluding carboxylic acids is 4. The number of hydrogen-bond acceptors (Lipinski definition) is 6. The first-order chi connectivity index (χ1) is 17.3. The van der Waals surface area contributed by atoms with E-state index in [9.17, 15) is 19.2 Å². The van der Waals surface area contributed by atoms with E-state index in [1.165, 1.54) is 12.3 Å². The molecule has 0 spiro atoms. The smallest absolute Gasteiger partial charge is 0.287 e. The molecule has 36 heavy (non-hydrogen) atoms. The van der Waals surface area contributed by atoms with Crippen molar-refractivity contribution in [2.24, 2.45) is 5.73 Å². The van der Waals surface area contributed by atoms with Gasteiger partial charge in [0.15, 0.2) is 0 Å². The first-order valence-corrected chi connectivity index (χ1v) is 11.1. The molecule has 1 heterocycles. The van der Waals surface area contributed by atoms with E-state index in [4.69, 9.17) is 5.73 Å². The zero-order valence-electron chi connectivity index (χ0n) is 19.4. The van der Waals surface area contributed by atoms with E-state index in [0.717, 1.165) is 5.56 Å². The molecule has 0 aliphatic rings. The van der Waals surface area contributed by atoms with Crippen LogP contribution in [0.1, 0.15) is 32.0 Å². The van der Waals surface area contributed by atoms with Crippen molar-refractivity contribution >= 4 is 40.2 Å². The summed E-state index contributed by atoms with van der Waals surface area (Å²) in [5.41, 5.74) is 8.69. The Labute approximate surface area is 206 Å². The first kappa shape index (κ1) is 24.2. The largest absolute Gasteiger partial charge is 0.363 e. The quantitative estimate of drug-likeness (QED) is 0.330. The van der Waals surface area contributed by atoms with Crippen molar-refractivity contribution in [1.29, 1.82) is 0 Å². The lowest BCUT2D eigenvalue weighted by atomic mass is 10.0. The summed E-state index contributed by atoms with van der Waals surface area (Å²) >= 11 is 0. The zero-order valence-corrected chi connectivity index (χ0v) is 19.4. The summed E-state index contributed by atoms with van der Waals surface area (Å²) in [7, 11) is 0. The number of aryl methyl sites for hydroxylation is 1. The molecule has 4 N–H and O–H groups in total. The van der Waals surface area contributed by atoms with Gasteiger partial charge in [0.2, 0.25) is 5.78 Å². The molecule has 1 atom stereocenters. The lowest BCUT2D eigenvalue weighted by molar-refractivity contribution is -0.137. The molecule has 0 aliphatic carbocycles. The predicted octanol–water partition coefficient (Wildman–Crippen LogP) is 2.59. The normalized spacial score (nSPS) is 11.5. The summed E-state index contributed by atoms with van der Waals surface area (Å²) < 4.78 is 0. The van der Waals surface area contributed by atoms with Gasteiger partial charge in [-0.05, 0) is 48.4 Å². The van der Waals surface area contributed by atoms with Crippen LogP contribution in [0.4, 0.5) is 5.69 Å². The highest BCUT2D eigenvalue weighted by molar-refractivity contribution is 6.38. The number of aromatic nitrogens is 2. The minimum Gasteiger partial charge on any atom is -0.363 e. The third-order valence-electron chi connectivity index (χ3n) is 5.56. The number of nitrogens with one attached hydrogen (secondary N) is 2. The van der Waals surface area contributed by atoms with E-state index >= 15 is 0 Å². The maximum absolute atomic E-state index is 13.0. The van der Waals surface area contributed by atoms with Gasteiger partial charge in [-0.25, -0.2) is 4.98 Å². The lowest BCUT2D eigenvalue weighted by Crippen LogP contribution is -2.47. The standard InChI is InChI=1S/C27H23N5O4/c1-16-13-18(30-27(36)23-15-29-20-9-5-6-10-21(20)31-23)11-12-19(16)26(35)32-22(24(33)25(28)34)14-17-7-3-2-4-8-17/h2-13,15,22H,14H2,1H3,(H2,28,34)(H,30,36)(H,32,35)/t22-/m0/s1. The summed E-state index contributed by atoms with van der Waals surface area (Å²) in [6, 6.07) is 19.8. The van der Waals surface area contributed by atoms with Crippen LogP contribution in [0.3, 0.4) is 0 Å². The molecular formula is C27H23N5O4. The number of primary amides is 1. The summed E-state index contributed by atoms with van der Waals surface area (Å²) in [5, 5.41) is 5.36. The van der Waals surface area contributed by atoms with Gasteiger partial charge in [0, 0.05) is 17.7 Å². The van der Waals surface area contributed by atoms with E-state index in [-0.39, 0.29) is 17.7 Å². The Bertz CT molecular complexity index is 1470. The number of ketones is 1. The van der Waals surface area contributed by atoms with Gasteiger partial charge in [0.05, 0.1) is 17.2 Å². The predicted molar refractivity (Wildman–Crippen MR) is 134 cm³/mol. The molecule has 4 rings (SSSR count). The second kappa shape index (κ2) is 10.6. The maximum atomic E-state index is 13.0. The third kappa shape index (κ3) is 5.58. The third-order valence-corrected chi connectivity index (χ3v) is 5.56. The first-order valence-electron chi connectivity index (χ1n) is 11.1. The van der Waals surface area contributed by atoms with E-state index in [1.54, 1.807) is 55.5 Å². The average Bonchev–Trinajstić information content (AvgIpc) is 2.88. The molecule has 0 radical (unpaired) electrons. The van der Waals surface area contributed by atoms with Crippen LogP contribution < -0.4 is 16.4 Å². The molecule has 4 aromatic rings. The van der Waals surface area contributed by atoms with Crippen molar-refractivity contribution < 1.29 is 19.2 Å². The van der Waals surface area contributed by atoms with Gasteiger partial charge < -0.3 is 16.4 Å². The molecule has 9 heteroatoms. The fourth-order valence-electron chi connectivity index (χ4n) is 3.72. The number of nitrogens with two attached hydrogens (primary N) is 1. The molecule has 9 nitrogen and oxygen atoms in total. The Morgan fingerprint density at radius 2 is 1.58 bits per heavy atom. The van der Waals surface area contributed by atoms with Gasteiger partial charge in [-0.1, -0.05) is 42.5 Å². The molecule has 0 saturated heterocycles. The second-order valence-electron chi connectivity index (χ2n) is 8.17. The van der Waals surface area contributed by atoms with Gasteiger partial charge in [-0.15, -0.1) is 0 Å². The number of benzene rings is 3. The van der Waals surface area contributed by atoms with Gasteiger partial charge in [-0.3, -0.25) is 24.2 Å². The zero-order chi connectivity index (χ0) is 25.7. The highest BCUT2D eigenvalue weighted by atomic mass is 16.2. The minimum absolute atomic E-state index is 0.119. The SMILES string of the molecule is Cc1cc(NC(=O)c2cnc3ccccc3n2)ccc1C(=O)N[C@@H](Cc1ccccc1)C(=O)C(N)=O. The number of nitrogens with zero attached hydrogens (tertiary/aromatic N) is 2. The molecule has 1 aromatic heterocycles. The molecule has 3 amide bonds. The van der Waals surface area contributed by atoms with Crippen LogP contribution >= 0.6 is 0 Å². The van der Waals surface area contributed by atoms with Crippen LogP contribution in [-0.4, -0.2) is 39.5 Å². The van der Waals surface area contributed by atoms with Gasteiger partial charge in [0.1, 0.15) is 11.7 Å². The van der Waals surface area contributed by atoms with Gasteiger partial charge >= 0.3 is 0 Å². The molecule has 0 saturated carbocycles. The van der Waals surface area contributed by atoms with Crippen LogP contribution in [0, 0.1) is 6.92 Å². The van der Waals surface area contributed by atoms with E-state index in [1.807, 2.05) is 18.2 Å². The Morgan fingerprint density at radius 1 is 0.889 bits per heavy atom.